The Balaban J connectivity index is 1.59. The molecule has 0 aliphatic heterocycles. The van der Waals surface area contributed by atoms with Crippen LogP contribution < -0.4 is 5.32 Å². The summed E-state index contributed by atoms with van der Waals surface area (Å²) >= 11 is 1.60. The largest absolute Gasteiger partial charge is 0.326 e. The van der Waals surface area contributed by atoms with Crippen LogP contribution >= 0.6 is 11.3 Å². The minimum atomic E-state index is -0.182. The fourth-order valence-corrected chi connectivity index (χ4v) is 3.51. The van der Waals surface area contributed by atoms with Crippen molar-refractivity contribution in [2.24, 2.45) is 0 Å². The van der Waals surface area contributed by atoms with E-state index in [1.165, 1.54) is 0 Å². The summed E-state index contributed by atoms with van der Waals surface area (Å²) < 4.78 is 1.75. The van der Waals surface area contributed by atoms with E-state index in [0.717, 1.165) is 21.0 Å². The number of thiophene rings is 1. The van der Waals surface area contributed by atoms with Gasteiger partial charge in [-0.05, 0) is 38.1 Å². The summed E-state index contributed by atoms with van der Waals surface area (Å²) in [5, 5.41) is 10.4. The van der Waals surface area contributed by atoms with Crippen LogP contribution in [0.5, 0.6) is 0 Å². The summed E-state index contributed by atoms with van der Waals surface area (Å²) in [6, 6.07) is 9.26. The highest BCUT2D eigenvalue weighted by atomic mass is 32.1. The number of carbonyl (C=O) groups is 2. The summed E-state index contributed by atoms with van der Waals surface area (Å²) in [4.78, 5) is 26.5. The molecule has 0 fully saturated rings. The van der Waals surface area contributed by atoms with Crippen LogP contribution in [-0.2, 0) is 4.79 Å². The van der Waals surface area contributed by atoms with Gasteiger partial charge in [-0.3, -0.25) is 14.2 Å². The number of carbonyl (C=O) groups excluding carboxylic acids is 2. The number of Topliss-reactive ketones (excluding diaryl/α,β-unsaturated/α-hetero) is 1. The van der Waals surface area contributed by atoms with Crippen molar-refractivity contribution in [3.8, 4) is 5.69 Å². The Kier molecular flexibility index (Phi) is 5.04. The molecule has 3 rings (SSSR count). The van der Waals surface area contributed by atoms with Crippen molar-refractivity contribution in [1.29, 1.82) is 0 Å². The second kappa shape index (κ2) is 7.40. The first-order valence-electron chi connectivity index (χ1n) is 7.88. The third kappa shape index (κ3) is 4.19. The van der Waals surface area contributed by atoms with E-state index in [4.69, 9.17) is 0 Å². The molecule has 0 radical (unpaired) electrons. The highest BCUT2D eigenvalue weighted by molar-refractivity contribution is 7.12. The number of rotatable bonds is 6. The predicted octanol–water partition coefficient (Wildman–Crippen LogP) is 3.55. The molecule has 2 aromatic heterocycles. The molecule has 2 heterocycles. The first kappa shape index (κ1) is 17.0. The van der Waals surface area contributed by atoms with Gasteiger partial charge in [-0.2, -0.15) is 0 Å². The predicted molar refractivity (Wildman–Crippen MR) is 97.3 cm³/mol. The molecule has 7 heteroatoms. The van der Waals surface area contributed by atoms with Crippen LogP contribution in [0.2, 0.25) is 0 Å². The van der Waals surface area contributed by atoms with Crippen LogP contribution in [0, 0.1) is 13.8 Å². The Morgan fingerprint density at radius 3 is 2.56 bits per heavy atom. The topological polar surface area (TPSA) is 76.9 Å². The van der Waals surface area contributed by atoms with Gasteiger partial charge in [0.15, 0.2) is 5.78 Å². The average molecular weight is 354 g/mol. The van der Waals surface area contributed by atoms with E-state index in [2.05, 4.69) is 15.5 Å². The van der Waals surface area contributed by atoms with Gasteiger partial charge in [-0.1, -0.05) is 6.07 Å². The van der Waals surface area contributed by atoms with Crippen molar-refractivity contribution in [2.45, 2.75) is 26.7 Å². The van der Waals surface area contributed by atoms with Gasteiger partial charge in [0.25, 0.3) is 0 Å². The van der Waals surface area contributed by atoms with Gasteiger partial charge in [-0.25, -0.2) is 0 Å². The minimum Gasteiger partial charge on any atom is -0.326 e. The Morgan fingerprint density at radius 1 is 1.12 bits per heavy atom. The minimum absolute atomic E-state index is 0.00948. The molecule has 0 unspecified atom stereocenters. The molecule has 0 aliphatic rings. The molecule has 0 bridgehead atoms. The third-order valence-corrected chi connectivity index (χ3v) is 4.73. The highest BCUT2D eigenvalue weighted by Crippen LogP contribution is 2.22. The maximum absolute atomic E-state index is 12.3. The number of benzene rings is 1. The fourth-order valence-electron chi connectivity index (χ4n) is 2.57. The SMILES string of the molecule is Cc1cc(C(=O)CCC(=O)Nc2cccc(-n3cnnc3)c2)c(C)s1. The maximum Gasteiger partial charge on any atom is 0.224 e. The van der Waals surface area contributed by atoms with Gasteiger partial charge in [0.1, 0.15) is 12.7 Å². The van der Waals surface area contributed by atoms with Gasteiger partial charge in [0, 0.05) is 33.8 Å². The van der Waals surface area contributed by atoms with Gasteiger partial charge >= 0.3 is 0 Å². The number of anilines is 1. The monoisotopic (exact) mass is 354 g/mol. The zero-order valence-electron chi connectivity index (χ0n) is 14.0. The van der Waals surface area contributed by atoms with Gasteiger partial charge in [0.2, 0.25) is 5.91 Å². The molecular formula is C18H18N4O2S. The lowest BCUT2D eigenvalue weighted by molar-refractivity contribution is -0.116. The summed E-state index contributed by atoms with van der Waals surface area (Å²) in [6.07, 6.45) is 3.54. The second-order valence-corrected chi connectivity index (χ2v) is 7.18. The first-order valence-corrected chi connectivity index (χ1v) is 8.70. The lowest BCUT2D eigenvalue weighted by Crippen LogP contribution is -2.13. The molecule has 0 saturated carbocycles. The fraction of sp³-hybridized carbons (Fsp3) is 0.222. The van der Waals surface area contributed by atoms with E-state index in [1.54, 1.807) is 34.6 Å². The molecule has 0 atom stereocenters. The Morgan fingerprint density at radius 2 is 1.88 bits per heavy atom. The highest BCUT2D eigenvalue weighted by Gasteiger charge is 2.14. The lowest BCUT2D eigenvalue weighted by atomic mass is 10.1. The van der Waals surface area contributed by atoms with E-state index in [9.17, 15) is 9.59 Å². The number of hydrogen-bond donors (Lipinski definition) is 1. The van der Waals surface area contributed by atoms with E-state index < -0.39 is 0 Å². The van der Waals surface area contributed by atoms with Crippen LogP contribution in [0.1, 0.15) is 33.0 Å². The van der Waals surface area contributed by atoms with Gasteiger partial charge < -0.3 is 5.32 Å². The molecule has 0 aliphatic carbocycles. The van der Waals surface area contributed by atoms with Gasteiger partial charge in [0.05, 0.1) is 5.69 Å². The van der Waals surface area contributed by atoms with Crippen molar-refractivity contribution < 1.29 is 9.59 Å². The van der Waals surface area contributed by atoms with E-state index in [1.807, 2.05) is 38.1 Å². The summed E-state index contributed by atoms with van der Waals surface area (Å²) in [5.41, 5.74) is 2.25. The third-order valence-electron chi connectivity index (χ3n) is 3.77. The van der Waals surface area contributed by atoms with E-state index >= 15 is 0 Å². The molecule has 6 nitrogen and oxygen atoms in total. The Labute approximate surface area is 149 Å². The average Bonchev–Trinajstić information content (AvgIpc) is 3.22. The maximum atomic E-state index is 12.3. The number of hydrogen-bond acceptors (Lipinski definition) is 5. The normalized spacial score (nSPS) is 10.6. The van der Waals surface area contributed by atoms with Crippen molar-refractivity contribution in [3.63, 3.8) is 0 Å². The molecule has 1 amide bonds. The Bertz CT molecular complexity index is 900. The number of ketones is 1. The molecular weight excluding hydrogens is 336 g/mol. The van der Waals surface area contributed by atoms with Gasteiger partial charge in [-0.15, -0.1) is 21.5 Å². The lowest BCUT2D eigenvalue weighted by Gasteiger charge is -2.07. The van der Waals surface area contributed by atoms with Crippen LogP contribution in [-0.4, -0.2) is 26.5 Å². The van der Waals surface area contributed by atoms with Crippen molar-refractivity contribution in [1.82, 2.24) is 14.8 Å². The Hall–Kier alpha value is -2.80. The summed E-state index contributed by atoms with van der Waals surface area (Å²) in [7, 11) is 0. The van der Waals surface area contributed by atoms with Crippen LogP contribution in [0.25, 0.3) is 5.69 Å². The number of nitrogens with one attached hydrogen (secondary N) is 1. The standard InChI is InChI=1S/C18H18N4O2S/c1-12-8-16(13(2)25-12)17(23)6-7-18(24)21-14-4-3-5-15(9-14)22-10-19-20-11-22/h3-5,8-11H,6-7H2,1-2H3,(H,21,24). The smallest absolute Gasteiger partial charge is 0.224 e. The first-order chi connectivity index (χ1) is 12.0. The quantitative estimate of drug-likeness (QED) is 0.687. The number of aryl methyl sites for hydroxylation is 2. The van der Waals surface area contributed by atoms with Crippen molar-refractivity contribution in [2.75, 3.05) is 5.32 Å². The van der Waals surface area contributed by atoms with Crippen molar-refractivity contribution >= 4 is 28.7 Å². The molecule has 1 aromatic carbocycles. The molecule has 0 spiro atoms. The molecule has 25 heavy (non-hydrogen) atoms. The van der Waals surface area contributed by atoms with E-state index in [0.29, 0.717) is 5.69 Å². The summed E-state index contributed by atoms with van der Waals surface area (Å²) in [6.45, 7) is 3.91. The molecule has 3 aromatic rings. The zero-order chi connectivity index (χ0) is 17.8. The zero-order valence-corrected chi connectivity index (χ0v) is 14.8. The molecule has 0 saturated heterocycles. The van der Waals surface area contributed by atoms with Crippen LogP contribution in [0.4, 0.5) is 5.69 Å². The number of nitrogens with zero attached hydrogens (tertiary/aromatic N) is 3. The van der Waals surface area contributed by atoms with Crippen LogP contribution in [0.15, 0.2) is 43.0 Å². The molecule has 1 N–H and O–H groups in total. The van der Waals surface area contributed by atoms with E-state index in [-0.39, 0.29) is 24.5 Å². The number of amides is 1. The second-order valence-electron chi connectivity index (χ2n) is 5.72. The summed E-state index contributed by atoms with van der Waals surface area (Å²) in [5.74, 6) is -0.172. The molecule has 128 valence electrons. The van der Waals surface area contributed by atoms with Crippen molar-refractivity contribution in [3.05, 3.63) is 58.3 Å². The van der Waals surface area contributed by atoms with Crippen LogP contribution in [0.3, 0.4) is 0 Å². The number of aromatic nitrogens is 3.